The molecule has 0 radical (unpaired) electrons. The number of nitrogens with one attached hydrogen (secondary N) is 1. The molecule has 3 aromatic carbocycles. The van der Waals surface area contributed by atoms with Crippen molar-refractivity contribution in [1.29, 1.82) is 0 Å². The summed E-state index contributed by atoms with van der Waals surface area (Å²) in [6, 6.07) is 12.8. The van der Waals surface area contributed by atoms with E-state index in [1.54, 1.807) is 94.5 Å². The lowest BCUT2D eigenvalue weighted by Crippen LogP contribution is -2.58. The van der Waals surface area contributed by atoms with Gasteiger partial charge in [-0.25, -0.2) is 9.59 Å². The van der Waals surface area contributed by atoms with Crippen molar-refractivity contribution in [1.82, 2.24) is 29.8 Å². The summed E-state index contributed by atoms with van der Waals surface area (Å²) in [7, 11) is 8.96. The minimum absolute atomic E-state index is 0.0858. The summed E-state index contributed by atoms with van der Waals surface area (Å²) in [5, 5.41) is 2.83. The largest absolute Gasteiger partial charge is 0.497 e. The zero-order valence-corrected chi connectivity index (χ0v) is 51.1. The first-order chi connectivity index (χ1) is 40.3. The molecule has 1 unspecified atom stereocenters. The van der Waals surface area contributed by atoms with Gasteiger partial charge in [0.15, 0.2) is 18.1 Å². The molecule has 3 aliphatic heterocycles. The molecule has 6 amide bonds. The van der Waals surface area contributed by atoms with Crippen LogP contribution in [0.5, 0.6) is 23.0 Å². The molecule has 6 rings (SSSR count). The predicted molar refractivity (Wildman–Crippen MR) is 312 cm³/mol. The Balaban J connectivity index is 1.34. The van der Waals surface area contributed by atoms with E-state index < -0.39 is 108 Å². The number of carbonyl (C=O) groups is 9. The van der Waals surface area contributed by atoms with Crippen molar-refractivity contribution in [2.45, 2.75) is 135 Å². The Morgan fingerprint density at radius 2 is 1.41 bits per heavy atom. The van der Waals surface area contributed by atoms with Gasteiger partial charge in [-0.05, 0) is 122 Å². The molecular formula is C63H84N6O16. The van der Waals surface area contributed by atoms with Crippen LogP contribution in [-0.2, 0) is 63.8 Å². The smallest absolute Gasteiger partial charge is 0.330 e. The molecule has 1 N–H and O–H groups in total. The summed E-state index contributed by atoms with van der Waals surface area (Å²) >= 11 is 0. The van der Waals surface area contributed by atoms with E-state index >= 15 is 0 Å². The van der Waals surface area contributed by atoms with Gasteiger partial charge in [-0.3, -0.25) is 33.6 Å². The van der Waals surface area contributed by atoms with Gasteiger partial charge in [-0.1, -0.05) is 48.5 Å². The first kappa shape index (κ1) is 66.1. The third kappa shape index (κ3) is 17.1. The highest BCUT2D eigenvalue weighted by Gasteiger charge is 2.45. The summed E-state index contributed by atoms with van der Waals surface area (Å²) in [6.07, 6.45) is 4.43. The number of ether oxygens (including phenoxy) is 7. The third-order valence-corrected chi connectivity index (χ3v) is 15.6. The second-order valence-corrected chi connectivity index (χ2v) is 23.2. The number of carbonyl (C=O) groups excluding carboxylic acids is 9. The van der Waals surface area contributed by atoms with E-state index in [0.29, 0.717) is 59.6 Å². The van der Waals surface area contributed by atoms with Gasteiger partial charge in [0.05, 0.1) is 39.0 Å². The molecular weight excluding hydrogens is 1100 g/mol. The van der Waals surface area contributed by atoms with Crippen molar-refractivity contribution in [3.05, 3.63) is 95.6 Å². The molecule has 22 nitrogen and oxygen atoms in total. The lowest BCUT2D eigenvalue weighted by atomic mass is 9.87. The Hall–Kier alpha value is -8.01. The first-order valence-electron chi connectivity index (χ1n) is 28.8. The number of hydrogen-bond donors (Lipinski definition) is 1. The Morgan fingerprint density at radius 3 is 2.09 bits per heavy atom. The quantitative estimate of drug-likeness (QED) is 0.203. The first-order valence-corrected chi connectivity index (χ1v) is 28.8. The number of aryl methyl sites for hydroxylation is 1. The molecule has 0 saturated carbocycles. The standard InChI is InChI=1S/C63H84N6O16/c1-40-56(73)64-53(41-22-14-13-15-23-41)59(76)67(9)48(37-84-62(2,3)4)58(75)68-33-21-27-46(68)57(74)65(7)31-18-17-28-52(71)83-39-63(5,6)55(72)60(77)69-32-19-16-26-47(69)61(78)85-49(42-24-20-25-44(34-42)82-38-51(70)66(40)8)30-29-43-35-45(79-10)36-50(80-11)54(43)81-12/h13-15,17,20,22-25,28,34-36,40,46-49,53H,16,18-19,21,26-27,29-33,37-39H2,1-12H3,(H,64,73)/t40-,46-,47-,48-,49+,53?/m0/s1. The fourth-order valence-corrected chi connectivity index (χ4v) is 10.3. The highest BCUT2D eigenvalue weighted by Crippen LogP contribution is 2.38. The van der Waals surface area contributed by atoms with Crippen LogP contribution < -0.4 is 24.3 Å². The number of piperidine rings is 1. The number of nitrogens with zero attached hydrogens (tertiary/aromatic N) is 5. The molecule has 462 valence electrons. The van der Waals surface area contributed by atoms with Gasteiger partial charge in [0.2, 0.25) is 29.4 Å². The van der Waals surface area contributed by atoms with Crippen LogP contribution in [0.25, 0.3) is 0 Å². The lowest BCUT2D eigenvalue weighted by molar-refractivity contribution is -0.165. The van der Waals surface area contributed by atoms with E-state index in [1.165, 1.54) is 92.8 Å². The van der Waals surface area contributed by atoms with Gasteiger partial charge >= 0.3 is 11.9 Å². The number of benzene rings is 3. The summed E-state index contributed by atoms with van der Waals surface area (Å²) in [5.74, 6) is -4.67. The van der Waals surface area contributed by atoms with Crippen LogP contribution in [0.4, 0.5) is 0 Å². The second kappa shape index (κ2) is 29.7. The minimum atomic E-state index is -1.51. The molecule has 85 heavy (non-hydrogen) atoms. The Bertz CT molecular complexity index is 2920. The number of likely N-dealkylation sites (N-methyl/N-ethyl adjacent to an activating group) is 3. The predicted octanol–water partition coefficient (Wildman–Crippen LogP) is 5.58. The van der Waals surface area contributed by atoms with E-state index in [-0.39, 0.29) is 63.6 Å². The zero-order chi connectivity index (χ0) is 62.3. The van der Waals surface area contributed by atoms with E-state index in [9.17, 15) is 43.2 Å². The van der Waals surface area contributed by atoms with Gasteiger partial charge in [-0.15, -0.1) is 0 Å². The molecule has 3 aliphatic rings. The van der Waals surface area contributed by atoms with Crippen LogP contribution in [0, 0.1) is 5.41 Å². The fraction of sp³-hybridized carbons (Fsp3) is 0.540. The second-order valence-electron chi connectivity index (χ2n) is 23.2. The molecule has 3 heterocycles. The lowest BCUT2D eigenvalue weighted by Gasteiger charge is -2.37. The molecule has 2 fully saturated rings. The Morgan fingerprint density at radius 1 is 0.718 bits per heavy atom. The molecule has 2 bridgehead atoms. The molecule has 0 aromatic heterocycles. The molecule has 6 atom stereocenters. The van der Waals surface area contributed by atoms with Crippen molar-refractivity contribution in [2.75, 3.05) is 81.9 Å². The number of cyclic esters (lactones) is 2. The van der Waals surface area contributed by atoms with Gasteiger partial charge in [0.1, 0.15) is 54.4 Å². The highest BCUT2D eigenvalue weighted by atomic mass is 16.5. The number of Topliss-reactive ketones (excluding diaryl/α,β-unsaturated/α-hetero) is 1. The molecule has 22 heteroatoms. The average molecular weight is 1180 g/mol. The SMILES string of the molecule is COc1cc(CC[C@H]2OC(=O)[C@@H]3CCCCN3C(=O)C(=O)C(C)(C)COC(=O)C=CCCN(C)C(=O)[C@@H]3CCCN3C(=O)[C@H](COC(C)(C)C)N(C)C(=O)C(c3ccccc3)NC(=O)[C@H](C)N(C)C(=O)COc3cccc2c3)c(OC)c(OC)c1. The van der Waals surface area contributed by atoms with Crippen LogP contribution >= 0.6 is 0 Å². The highest BCUT2D eigenvalue weighted by molar-refractivity contribution is 6.38. The Kier molecular flexibility index (Phi) is 23.1. The maximum absolute atomic E-state index is 14.9. The molecule has 3 aromatic rings. The minimum Gasteiger partial charge on any atom is -0.497 e. The van der Waals surface area contributed by atoms with Crippen LogP contribution in [0.15, 0.2) is 78.9 Å². The van der Waals surface area contributed by atoms with Gasteiger partial charge in [0, 0.05) is 58.5 Å². The Labute approximate surface area is 498 Å². The van der Waals surface area contributed by atoms with Crippen LogP contribution in [0.1, 0.15) is 115 Å². The summed E-state index contributed by atoms with van der Waals surface area (Å²) < 4.78 is 41.0. The third-order valence-electron chi connectivity index (χ3n) is 15.6. The number of ketones is 1. The number of esters is 2. The van der Waals surface area contributed by atoms with Crippen LogP contribution in [0.2, 0.25) is 0 Å². The maximum Gasteiger partial charge on any atom is 0.330 e. The van der Waals surface area contributed by atoms with Crippen molar-refractivity contribution in [2.24, 2.45) is 5.41 Å². The number of rotatable bonds is 9. The number of fused-ring (bicyclic) bond motifs is 4. The average Bonchev–Trinajstić information content (AvgIpc) is 3.36. The number of amides is 6. The maximum atomic E-state index is 14.9. The van der Waals surface area contributed by atoms with Crippen molar-refractivity contribution < 1.29 is 76.3 Å². The van der Waals surface area contributed by atoms with Crippen molar-refractivity contribution in [3.8, 4) is 23.0 Å². The van der Waals surface area contributed by atoms with E-state index in [2.05, 4.69) is 5.32 Å². The fourth-order valence-electron chi connectivity index (χ4n) is 10.3. The van der Waals surface area contributed by atoms with Gasteiger partial charge in [-0.2, -0.15) is 0 Å². The topological polar surface area (TPSA) is 246 Å². The van der Waals surface area contributed by atoms with Crippen LogP contribution in [-0.4, -0.2) is 189 Å². The summed E-state index contributed by atoms with van der Waals surface area (Å²) in [6.45, 7) is 9.08. The van der Waals surface area contributed by atoms with Gasteiger partial charge < -0.3 is 63.0 Å². The molecule has 0 spiro atoms. The molecule has 2 saturated heterocycles. The van der Waals surface area contributed by atoms with Crippen molar-refractivity contribution in [3.63, 3.8) is 0 Å². The zero-order valence-electron chi connectivity index (χ0n) is 51.1. The van der Waals surface area contributed by atoms with E-state index in [4.69, 9.17) is 33.2 Å². The van der Waals surface area contributed by atoms with E-state index in [1.807, 2.05) is 0 Å². The monoisotopic (exact) mass is 1180 g/mol. The van der Waals surface area contributed by atoms with Crippen LogP contribution in [0.3, 0.4) is 0 Å². The molecule has 0 aliphatic carbocycles. The number of hydrogen-bond acceptors (Lipinski definition) is 16. The summed E-state index contributed by atoms with van der Waals surface area (Å²) in [4.78, 5) is 135. The normalized spacial score (nSPS) is 23.5. The van der Waals surface area contributed by atoms with Crippen molar-refractivity contribution >= 4 is 53.2 Å². The summed E-state index contributed by atoms with van der Waals surface area (Å²) in [5.41, 5.74) is -0.728. The number of methoxy groups -OCH3 is 3. The van der Waals surface area contributed by atoms with Gasteiger partial charge in [0.25, 0.3) is 11.8 Å². The van der Waals surface area contributed by atoms with E-state index in [0.717, 1.165) is 0 Å².